The molecular formula is C27H27N5O3S. The van der Waals surface area contributed by atoms with E-state index in [1.54, 1.807) is 6.21 Å². The summed E-state index contributed by atoms with van der Waals surface area (Å²) in [7, 11) is 0. The van der Waals surface area contributed by atoms with E-state index in [1.165, 1.54) is 11.8 Å². The molecule has 1 amide bonds. The smallest absolute Gasteiger partial charge is 0.250 e. The predicted molar refractivity (Wildman–Crippen MR) is 142 cm³/mol. The number of ether oxygens (including phenoxy) is 2. The third-order valence-electron chi connectivity index (χ3n) is 5.02. The Bertz CT molecular complexity index is 1310. The molecule has 0 radical (unpaired) electrons. The second-order valence-corrected chi connectivity index (χ2v) is 8.43. The molecule has 9 heteroatoms. The van der Waals surface area contributed by atoms with E-state index in [1.807, 2.05) is 97.3 Å². The first-order valence-electron chi connectivity index (χ1n) is 11.6. The SMILES string of the molecule is CCOc1ccc(-n2c(SCC(=O)N/N=C/c3ccccc3OCC)nnc2-c2ccccc2)cc1. The molecule has 36 heavy (non-hydrogen) atoms. The number of thioether (sulfide) groups is 1. The van der Waals surface area contributed by atoms with Crippen molar-refractivity contribution in [1.29, 1.82) is 0 Å². The van der Waals surface area contributed by atoms with Gasteiger partial charge in [-0.2, -0.15) is 5.10 Å². The van der Waals surface area contributed by atoms with Crippen LogP contribution in [-0.2, 0) is 4.79 Å². The van der Waals surface area contributed by atoms with Crippen molar-refractivity contribution in [3.63, 3.8) is 0 Å². The highest BCUT2D eigenvalue weighted by molar-refractivity contribution is 7.99. The van der Waals surface area contributed by atoms with Crippen molar-refractivity contribution in [3.05, 3.63) is 84.4 Å². The normalized spacial score (nSPS) is 10.9. The van der Waals surface area contributed by atoms with Crippen LogP contribution in [0, 0.1) is 0 Å². The van der Waals surface area contributed by atoms with Crippen LogP contribution >= 0.6 is 11.8 Å². The topological polar surface area (TPSA) is 90.6 Å². The van der Waals surface area contributed by atoms with Crippen LogP contribution in [0.15, 0.2) is 89.1 Å². The molecule has 1 N–H and O–H groups in total. The van der Waals surface area contributed by atoms with Gasteiger partial charge in [-0.1, -0.05) is 54.2 Å². The Morgan fingerprint density at radius 1 is 0.944 bits per heavy atom. The van der Waals surface area contributed by atoms with Crippen molar-refractivity contribution in [3.8, 4) is 28.6 Å². The standard InChI is InChI=1S/C27H27N5O3S/c1-3-34-23-16-14-22(15-17-23)32-26(20-10-6-5-7-11-20)30-31-27(32)36-19-25(33)29-28-18-21-12-8-9-13-24(21)35-4-2/h5-18H,3-4,19H2,1-2H3,(H,29,33)/b28-18+. The zero-order valence-corrected chi connectivity index (χ0v) is 20.9. The maximum absolute atomic E-state index is 12.5. The number of carbonyl (C=O) groups excluding carboxylic acids is 1. The van der Waals surface area contributed by atoms with E-state index in [0.717, 1.165) is 22.6 Å². The average Bonchev–Trinajstić information content (AvgIpc) is 3.34. The van der Waals surface area contributed by atoms with Crippen LogP contribution in [0.5, 0.6) is 11.5 Å². The number of hydrogen-bond donors (Lipinski definition) is 1. The molecule has 0 saturated heterocycles. The second kappa shape index (κ2) is 12.6. The predicted octanol–water partition coefficient (Wildman–Crippen LogP) is 4.97. The maximum atomic E-state index is 12.5. The summed E-state index contributed by atoms with van der Waals surface area (Å²) in [5.74, 6) is 2.05. The largest absolute Gasteiger partial charge is 0.494 e. The summed E-state index contributed by atoms with van der Waals surface area (Å²) in [5.41, 5.74) is 5.15. The Balaban J connectivity index is 1.49. The minimum atomic E-state index is -0.257. The first-order valence-corrected chi connectivity index (χ1v) is 12.6. The summed E-state index contributed by atoms with van der Waals surface area (Å²) in [6, 6.07) is 25.0. The van der Waals surface area contributed by atoms with Crippen LogP contribution < -0.4 is 14.9 Å². The van der Waals surface area contributed by atoms with Crippen molar-refractivity contribution >= 4 is 23.9 Å². The van der Waals surface area contributed by atoms with Crippen LogP contribution in [0.1, 0.15) is 19.4 Å². The zero-order chi connectivity index (χ0) is 25.2. The summed E-state index contributed by atoms with van der Waals surface area (Å²) < 4.78 is 13.1. The van der Waals surface area contributed by atoms with Gasteiger partial charge in [0.05, 0.1) is 25.2 Å². The van der Waals surface area contributed by atoms with Gasteiger partial charge in [-0.15, -0.1) is 10.2 Å². The number of aromatic nitrogens is 3. The molecule has 0 bridgehead atoms. The molecule has 8 nitrogen and oxygen atoms in total. The lowest BCUT2D eigenvalue weighted by Crippen LogP contribution is -2.20. The van der Waals surface area contributed by atoms with Crippen molar-refractivity contribution in [2.45, 2.75) is 19.0 Å². The van der Waals surface area contributed by atoms with Crippen LogP contribution in [0.25, 0.3) is 17.1 Å². The highest BCUT2D eigenvalue weighted by Crippen LogP contribution is 2.28. The summed E-state index contributed by atoms with van der Waals surface area (Å²) in [4.78, 5) is 12.5. The molecule has 0 aliphatic carbocycles. The van der Waals surface area contributed by atoms with Crippen LogP contribution in [0.4, 0.5) is 0 Å². The summed E-state index contributed by atoms with van der Waals surface area (Å²) in [5, 5.41) is 13.5. The molecule has 184 valence electrons. The molecule has 0 spiro atoms. The molecule has 0 aliphatic rings. The van der Waals surface area contributed by atoms with Gasteiger partial charge in [-0.3, -0.25) is 9.36 Å². The number of nitrogens with one attached hydrogen (secondary N) is 1. The highest BCUT2D eigenvalue weighted by atomic mass is 32.2. The van der Waals surface area contributed by atoms with Crippen LogP contribution in [0.3, 0.4) is 0 Å². The highest BCUT2D eigenvalue weighted by Gasteiger charge is 2.17. The summed E-state index contributed by atoms with van der Waals surface area (Å²) >= 11 is 1.28. The third-order valence-corrected chi connectivity index (χ3v) is 5.94. The van der Waals surface area contributed by atoms with E-state index < -0.39 is 0 Å². The molecule has 0 fully saturated rings. The van der Waals surface area contributed by atoms with Crippen molar-refractivity contribution in [2.24, 2.45) is 5.10 Å². The molecule has 4 rings (SSSR count). The molecule has 0 atom stereocenters. The van der Waals surface area contributed by atoms with Gasteiger partial charge in [0.2, 0.25) is 0 Å². The molecule has 0 aliphatic heterocycles. The van der Waals surface area contributed by atoms with Gasteiger partial charge >= 0.3 is 0 Å². The molecule has 4 aromatic rings. The minimum absolute atomic E-state index is 0.119. The van der Waals surface area contributed by atoms with Crippen LogP contribution in [0.2, 0.25) is 0 Å². The molecule has 1 heterocycles. The Kier molecular flexibility index (Phi) is 8.72. The van der Waals surface area contributed by atoms with Gasteiger partial charge < -0.3 is 9.47 Å². The van der Waals surface area contributed by atoms with Crippen molar-refractivity contribution in [2.75, 3.05) is 19.0 Å². The number of nitrogens with zero attached hydrogens (tertiary/aromatic N) is 4. The molecule has 0 saturated carbocycles. The quantitative estimate of drug-likeness (QED) is 0.177. The van der Waals surface area contributed by atoms with E-state index in [-0.39, 0.29) is 11.7 Å². The summed E-state index contributed by atoms with van der Waals surface area (Å²) in [6.07, 6.45) is 1.57. The Hall–Kier alpha value is -4.11. The fourth-order valence-electron chi connectivity index (χ4n) is 3.44. The van der Waals surface area contributed by atoms with Gasteiger partial charge in [0, 0.05) is 16.8 Å². The zero-order valence-electron chi connectivity index (χ0n) is 20.1. The lowest BCUT2D eigenvalue weighted by molar-refractivity contribution is -0.118. The van der Waals surface area contributed by atoms with E-state index in [0.29, 0.717) is 29.9 Å². The van der Waals surface area contributed by atoms with E-state index in [4.69, 9.17) is 9.47 Å². The third kappa shape index (κ3) is 6.31. The summed E-state index contributed by atoms with van der Waals surface area (Å²) in [6.45, 7) is 5.01. The number of hydrazone groups is 1. The van der Waals surface area contributed by atoms with Crippen LogP contribution in [-0.4, -0.2) is 45.9 Å². The first-order chi connectivity index (χ1) is 17.7. The van der Waals surface area contributed by atoms with Gasteiger partial charge in [0.1, 0.15) is 11.5 Å². The van der Waals surface area contributed by atoms with E-state index >= 15 is 0 Å². The number of para-hydroxylation sites is 1. The van der Waals surface area contributed by atoms with E-state index in [2.05, 4.69) is 20.7 Å². The number of rotatable bonds is 11. The van der Waals surface area contributed by atoms with Gasteiger partial charge in [-0.05, 0) is 50.2 Å². The fraction of sp³-hybridized carbons (Fsp3) is 0.185. The van der Waals surface area contributed by atoms with Gasteiger partial charge in [0.15, 0.2) is 11.0 Å². The Morgan fingerprint density at radius 2 is 1.67 bits per heavy atom. The number of carbonyl (C=O) groups is 1. The number of hydrogen-bond acceptors (Lipinski definition) is 7. The molecule has 0 unspecified atom stereocenters. The van der Waals surface area contributed by atoms with E-state index in [9.17, 15) is 4.79 Å². The Labute approximate surface area is 214 Å². The number of amides is 1. The molecule has 3 aromatic carbocycles. The minimum Gasteiger partial charge on any atom is -0.494 e. The second-order valence-electron chi connectivity index (χ2n) is 7.49. The number of benzene rings is 3. The van der Waals surface area contributed by atoms with Gasteiger partial charge in [-0.25, -0.2) is 5.43 Å². The lowest BCUT2D eigenvalue weighted by Gasteiger charge is -2.11. The Morgan fingerprint density at radius 3 is 2.42 bits per heavy atom. The maximum Gasteiger partial charge on any atom is 0.250 e. The monoisotopic (exact) mass is 501 g/mol. The molecular weight excluding hydrogens is 474 g/mol. The first kappa shape index (κ1) is 25.0. The molecule has 1 aromatic heterocycles. The van der Waals surface area contributed by atoms with Crippen molar-refractivity contribution < 1.29 is 14.3 Å². The fourth-order valence-corrected chi connectivity index (χ4v) is 4.18. The van der Waals surface area contributed by atoms with Gasteiger partial charge in [0.25, 0.3) is 5.91 Å². The average molecular weight is 502 g/mol. The lowest BCUT2D eigenvalue weighted by atomic mass is 10.2. The van der Waals surface area contributed by atoms with Crippen molar-refractivity contribution in [1.82, 2.24) is 20.2 Å².